The van der Waals surface area contributed by atoms with Gasteiger partial charge in [-0.25, -0.2) is 4.98 Å². The van der Waals surface area contributed by atoms with E-state index in [1.54, 1.807) is 4.68 Å². The third kappa shape index (κ3) is 3.30. The minimum atomic E-state index is -0.000815. The molecule has 0 saturated carbocycles. The maximum Gasteiger partial charge on any atom is 0.142 e. The van der Waals surface area contributed by atoms with Crippen molar-refractivity contribution in [3.05, 3.63) is 53.3 Å². The lowest BCUT2D eigenvalue weighted by Crippen LogP contribution is -2.02. The number of nitrogens with zero attached hydrogens (tertiary/aromatic N) is 4. The van der Waals surface area contributed by atoms with Crippen LogP contribution in [-0.2, 0) is 13.0 Å². The first-order valence-electron chi connectivity index (χ1n) is 8.52. The summed E-state index contributed by atoms with van der Waals surface area (Å²) in [5, 5.41) is 23.1. The van der Waals surface area contributed by atoms with Crippen molar-refractivity contribution in [2.45, 2.75) is 26.8 Å². The number of rotatable bonds is 5. The highest BCUT2D eigenvalue weighted by Crippen LogP contribution is 2.32. The molecular weight excluding hydrogens is 326 g/mol. The monoisotopic (exact) mass is 347 g/mol. The Morgan fingerprint density at radius 3 is 2.58 bits per heavy atom. The lowest BCUT2D eigenvalue weighted by atomic mass is 9.98. The maximum atomic E-state index is 9.55. The summed E-state index contributed by atoms with van der Waals surface area (Å²) in [6, 6.07) is 12.2. The van der Waals surface area contributed by atoms with Crippen LogP contribution in [0.5, 0.6) is 0 Å². The fourth-order valence-corrected chi connectivity index (χ4v) is 2.95. The number of nitrogen functional groups attached to an aromatic ring is 1. The van der Waals surface area contributed by atoms with Gasteiger partial charge >= 0.3 is 0 Å². The molecule has 0 aliphatic carbocycles. The van der Waals surface area contributed by atoms with Gasteiger partial charge in [-0.3, -0.25) is 4.68 Å². The normalized spacial score (nSPS) is 10.7. The number of hydrogen-bond acceptors (Lipinski definition) is 5. The summed E-state index contributed by atoms with van der Waals surface area (Å²) in [7, 11) is 0. The third-order valence-electron chi connectivity index (χ3n) is 4.38. The van der Waals surface area contributed by atoms with Crippen LogP contribution in [-0.4, -0.2) is 26.5 Å². The second-order valence-corrected chi connectivity index (χ2v) is 6.09. The molecule has 3 N–H and O–H groups in total. The van der Waals surface area contributed by atoms with Crippen LogP contribution < -0.4 is 5.73 Å². The zero-order chi connectivity index (χ0) is 18.7. The number of anilines is 1. The first-order chi connectivity index (χ1) is 12.6. The van der Waals surface area contributed by atoms with Crippen LogP contribution in [0.2, 0.25) is 0 Å². The second kappa shape index (κ2) is 7.38. The zero-order valence-electron chi connectivity index (χ0n) is 14.9. The molecule has 0 amide bonds. The Morgan fingerprint density at radius 2 is 1.96 bits per heavy atom. The van der Waals surface area contributed by atoms with Crippen molar-refractivity contribution in [3.8, 4) is 28.5 Å². The Bertz CT molecular complexity index is 967. The number of aryl methyl sites for hydroxylation is 2. The fourth-order valence-electron chi connectivity index (χ4n) is 2.95. The predicted octanol–water partition coefficient (Wildman–Crippen LogP) is 2.93. The van der Waals surface area contributed by atoms with Crippen molar-refractivity contribution in [1.29, 1.82) is 5.26 Å². The summed E-state index contributed by atoms with van der Waals surface area (Å²) in [4.78, 5) is 4.42. The van der Waals surface area contributed by atoms with Crippen LogP contribution in [0, 0.1) is 18.3 Å². The molecule has 1 aromatic carbocycles. The molecule has 3 rings (SSSR count). The SMILES string of the molecule is CCc1ccc(-c2cc(-c3cn(CCO)nc3C)c(C#N)c(N)n2)cc1. The number of nitriles is 1. The van der Waals surface area contributed by atoms with E-state index in [4.69, 9.17) is 10.8 Å². The maximum absolute atomic E-state index is 9.55. The van der Waals surface area contributed by atoms with Crippen molar-refractivity contribution < 1.29 is 5.11 Å². The summed E-state index contributed by atoms with van der Waals surface area (Å²) in [5.74, 6) is 0.203. The third-order valence-corrected chi connectivity index (χ3v) is 4.38. The van der Waals surface area contributed by atoms with Crippen molar-refractivity contribution in [3.63, 3.8) is 0 Å². The van der Waals surface area contributed by atoms with Gasteiger partial charge in [-0.2, -0.15) is 10.4 Å². The van der Waals surface area contributed by atoms with E-state index >= 15 is 0 Å². The molecule has 26 heavy (non-hydrogen) atoms. The molecule has 0 fully saturated rings. The molecular formula is C20H21N5O. The lowest BCUT2D eigenvalue weighted by molar-refractivity contribution is 0.269. The number of aromatic nitrogens is 3. The number of aliphatic hydroxyl groups excluding tert-OH is 1. The van der Waals surface area contributed by atoms with Crippen LogP contribution in [0.15, 0.2) is 36.5 Å². The summed E-state index contributed by atoms with van der Waals surface area (Å²) in [6.45, 7) is 4.38. The van der Waals surface area contributed by atoms with E-state index in [-0.39, 0.29) is 12.4 Å². The topological polar surface area (TPSA) is 101 Å². The first-order valence-corrected chi connectivity index (χ1v) is 8.52. The Morgan fingerprint density at radius 1 is 1.23 bits per heavy atom. The Kier molecular flexibility index (Phi) is 5.01. The average molecular weight is 347 g/mol. The minimum Gasteiger partial charge on any atom is -0.394 e. The number of nitrogens with two attached hydrogens (primary N) is 1. The number of benzene rings is 1. The molecule has 2 aromatic heterocycles. The van der Waals surface area contributed by atoms with E-state index in [1.165, 1.54) is 5.56 Å². The van der Waals surface area contributed by atoms with Gasteiger partial charge in [0, 0.05) is 22.9 Å². The number of hydrogen-bond donors (Lipinski definition) is 2. The molecule has 0 bridgehead atoms. The van der Waals surface area contributed by atoms with Gasteiger partial charge in [0.25, 0.3) is 0 Å². The highest BCUT2D eigenvalue weighted by Gasteiger charge is 2.17. The van der Waals surface area contributed by atoms with Gasteiger partial charge in [0.05, 0.1) is 24.5 Å². The fraction of sp³-hybridized carbons (Fsp3) is 0.250. The van der Waals surface area contributed by atoms with Crippen LogP contribution in [0.3, 0.4) is 0 Å². The smallest absolute Gasteiger partial charge is 0.142 e. The van der Waals surface area contributed by atoms with Crippen LogP contribution in [0.4, 0.5) is 5.82 Å². The van der Waals surface area contributed by atoms with E-state index < -0.39 is 0 Å². The molecule has 0 spiro atoms. The van der Waals surface area contributed by atoms with E-state index in [1.807, 2.05) is 31.3 Å². The predicted molar refractivity (Wildman–Crippen MR) is 101 cm³/mol. The molecule has 0 saturated heterocycles. The largest absolute Gasteiger partial charge is 0.394 e. The Labute approximate surface area is 152 Å². The molecule has 2 heterocycles. The molecule has 0 atom stereocenters. The summed E-state index contributed by atoms with van der Waals surface area (Å²) < 4.78 is 1.66. The lowest BCUT2D eigenvalue weighted by Gasteiger charge is -2.10. The zero-order valence-corrected chi connectivity index (χ0v) is 14.9. The van der Waals surface area contributed by atoms with Crippen molar-refractivity contribution >= 4 is 5.82 Å². The number of aliphatic hydroxyl groups is 1. The summed E-state index contributed by atoms with van der Waals surface area (Å²) in [5.41, 5.74) is 11.6. The van der Waals surface area contributed by atoms with Crippen LogP contribution in [0.1, 0.15) is 23.7 Å². The number of pyridine rings is 1. The first kappa shape index (κ1) is 17.6. The highest BCUT2D eigenvalue weighted by molar-refractivity contribution is 5.80. The van der Waals surface area contributed by atoms with E-state index in [0.717, 1.165) is 23.2 Å². The van der Waals surface area contributed by atoms with Crippen molar-refractivity contribution in [2.24, 2.45) is 0 Å². The minimum absolute atomic E-state index is 0.000815. The van der Waals surface area contributed by atoms with Crippen LogP contribution in [0.25, 0.3) is 22.4 Å². The van der Waals surface area contributed by atoms with Gasteiger partial charge in [-0.05, 0) is 25.0 Å². The van der Waals surface area contributed by atoms with Crippen molar-refractivity contribution in [1.82, 2.24) is 14.8 Å². The standard InChI is InChI=1S/C20H21N5O/c1-3-14-4-6-15(7-5-14)19-10-16(17(11-21)20(22)23-19)18-12-25(8-9-26)24-13(18)2/h4-7,10,12,26H,3,8-9H2,1-2H3,(H2,22,23). The molecule has 0 unspecified atom stereocenters. The van der Waals surface area contributed by atoms with Gasteiger partial charge < -0.3 is 10.8 Å². The molecule has 0 radical (unpaired) electrons. The van der Waals surface area contributed by atoms with Gasteiger partial charge in [0.1, 0.15) is 17.5 Å². The van der Waals surface area contributed by atoms with Gasteiger partial charge in [-0.1, -0.05) is 31.2 Å². The molecule has 6 heteroatoms. The molecule has 0 aliphatic rings. The van der Waals surface area contributed by atoms with Crippen LogP contribution >= 0.6 is 0 Å². The molecule has 3 aromatic rings. The van der Waals surface area contributed by atoms with Gasteiger partial charge in [-0.15, -0.1) is 0 Å². The molecule has 132 valence electrons. The van der Waals surface area contributed by atoms with E-state index in [2.05, 4.69) is 35.2 Å². The van der Waals surface area contributed by atoms with Crippen molar-refractivity contribution in [2.75, 3.05) is 12.3 Å². The van der Waals surface area contributed by atoms with E-state index in [9.17, 15) is 5.26 Å². The van der Waals surface area contributed by atoms with Gasteiger partial charge in [0.15, 0.2) is 0 Å². The summed E-state index contributed by atoms with van der Waals surface area (Å²) in [6.07, 6.45) is 2.79. The second-order valence-electron chi connectivity index (χ2n) is 6.09. The Hall–Kier alpha value is -3.17. The molecule has 0 aliphatic heterocycles. The molecule has 6 nitrogen and oxygen atoms in total. The summed E-state index contributed by atoms with van der Waals surface area (Å²) >= 11 is 0. The highest BCUT2D eigenvalue weighted by atomic mass is 16.3. The Balaban J connectivity index is 2.15. The quantitative estimate of drug-likeness (QED) is 0.739. The van der Waals surface area contributed by atoms with Gasteiger partial charge in [0.2, 0.25) is 0 Å². The van der Waals surface area contributed by atoms with E-state index in [0.29, 0.717) is 23.4 Å². The average Bonchev–Trinajstić information content (AvgIpc) is 3.01.